The van der Waals surface area contributed by atoms with Crippen LogP contribution in [-0.2, 0) is 0 Å². The summed E-state index contributed by atoms with van der Waals surface area (Å²) in [6, 6.07) is 0. The van der Waals surface area contributed by atoms with Crippen LogP contribution in [0.1, 0.15) is 0 Å². The van der Waals surface area contributed by atoms with Crippen molar-refractivity contribution in [3.8, 4) is 0 Å². The van der Waals surface area contributed by atoms with Crippen molar-refractivity contribution >= 4 is 0 Å². The van der Waals surface area contributed by atoms with E-state index in [-0.39, 0.29) is 0 Å². The summed E-state index contributed by atoms with van der Waals surface area (Å²) in [6.45, 7) is 0.694. The molecule has 0 bridgehead atoms. The van der Waals surface area contributed by atoms with Gasteiger partial charge >= 0.3 is 0 Å². The Bertz CT molecular complexity index is 69.4. The van der Waals surface area contributed by atoms with E-state index in [1.165, 1.54) is 0 Å². The average Bonchev–Trinajstić information content (AvgIpc) is 1.89. The Kier molecular flexibility index (Phi) is 3.72. The lowest BCUT2D eigenvalue weighted by molar-refractivity contribution is 0.298. The van der Waals surface area contributed by atoms with Crippen LogP contribution in [0, 0.1) is 0 Å². The number of hydrogen-bond acceptors (Lipinski definition) is 4. The highest BCUT2D eigenvalue weighted by atomic mass is 15.3. The van der Waals surface area contributed by atoms with E-state index in [1.807, 2.05) is 21.1 Å². The highest BCUT2D eigenvalue weighted by molar-refractivity contribution is 4.76. The third-order valence-corrected chi connectivity index (χ3v) is 1.35. The van der Waals surface area contributed by atoms with E-state index in [0.29, 0.717) is 6.54 Å². The van der Waals surface area contributed by atoms with Crippen LogP contribution >= 0.6 is 0 Å². The molecule has 56 valence electrons. The zero-order valence-electron chi connectivity index (χ0n) is 6.28. The summed E-state index contributed by atoms with van der Waals surface area (Å²) in [6.07, 6.45) is 0. The molecule has 0 amide bonds. The van der Waals surface area contributed by atoms with Crippen LogP contribution in [0.2, 0.25) is 0 Å². The fourth-order valence-corrected chi connectivity index (χ4v) is 0.581. The fraction of sp³-hybridized carbons (Fsp3) is 1.00. The van der Waals surface area contributed by atoms with Gasteiger partial charge in [0.05, 0.1) is 0 Å². The van der Waals surface area contributed by atoms with Gasteiger partial charge in [-0.15, -0.1) is 0 Å². The predicted octanol–water partition coefficient (Wildman–Crippen LogP) is -1.74. The normalized spacial score (nSPS) is 12.0. The first-order chi connectivity index (χ1) is 4.18. The van der Waals surface area contributed by atoms with E-state index in [2.05, 4.69) is 16.0 Å². The quantitative estimate of drug-likeness (QED) is 0.343. The molecule has 4 nitrogen and oxygen atoms in total. The van der Waals surface area contributed by atoms with Gasteiger partial charge in [-0.25, -0.2) is 0 Å². The summed E-state index contributed by atoms with van der Waals surface area (Å²) in [5.74, 6) is -0.477. The van der Waals surface area contributed by atoms with Crippen molar-refractivity contribution < 1.29 is 0 Å². The van der Waals surface area contributed by atoms with Gasteiger partial charge in [0, 0.05) is 6.54 Å². The Balaban J connectivity index is 3.62. The highest BCUT2D eigenvalue weighted by Crippen LogP contribution is 1.81. The predicted molar refractivity (Wildman–Crippen MR) is 39.0 cm³/mol. The first-order valence-electron chi connectivity index (χ1n) is 3.00. The number of nitrogens with two attached hydrogens (primary N) is 1. The van der Waals surface area contributed by atoms with Crippen LogP contribution in [0.5, 0.6) is 0 Å². The van der Waals surface area contributed by atoms with Crippen molar-refractivity contribution in [2.75, 3.05) is 27.7 Å². The first-order valence-corrected chi connectivity index (χ1v) is 3.00. The zero-order valence-corrected chi connectivity index (χ0v) is 6.28. The molecule has 0 aliphatic carbocycles. The van der Waals surface area contributed by atoms with Crippen LogP contribution in [0.15, 0.2) is 0 Å². The summed E-state index contributed by atoms with van der Waals surface area (Å²) < 4.78 is 0. The van der Waals surface area contributed by atoms with Crippen molar-refractivity contribution in [1.82, 2.24) is 16.0 Å². The van der Waals surface area contributed by atoms with Crippen molar-refractivity contribution in [2.45, 2.75) is 5.79 Å². The van der Waals surface area contributed by atoms with Gasteiger partial charge in [-0.1, -0.05) is 0 Å². The standard InChI is InChI=1S/C5H16N4/c1-7-4-5(6,8-2)9-3/h7-9H,4,6H2,1-3H3. The van der Waals surface area contributed by atoms with Crippen LogP contribution in [0.25, 0.3) is 0 Å². The van der Waals surface area contributed by atoms with Gasteiger partial charge in [0.25, 0.3) is 0 Å². The van der Waals surface area contributed by atoms with Crippen molar-refractivity contribution in [3.05, 3.63) is 0 Å². The minimum atomic E-state index is -0.477. The molecule has 0 fully saturated rings. The molecule has 0 unspecified atom stereocenters. The van der Waals surface area contributed by atoms with Crippen LogP contribution in [-0.4, -0.2) is 33.5 Å². The van der Waals surface area contributed by atoms with Gasteiger partial charge in [0.15, 0.2) is 0 Å². The number of hydrogen-bond donors (Lipinski definition) is 4. The van der Waals surface area contributed by atoms with Gasteiger partial charge in [-0.2, -0.15) is 0 Å². The third kappa shape index (κ3) is 2.76. The Hall–Kier alpha value is -0.160. The maximum atomic E-state index is 5.72. The van der Waals surface area contributed by atoms with Gasteiger partial charge < -0.3 is 5.32 Å². The largest absolute Gasteiger partial charge is 0.315 e. The second kappa shape index (κ2) is 3.79. The summed E-state index contributed by atoms with van der Waals surface area (Å²) in [4.78, 5) is 0. The minimum absolute atomic E-state index is 0.477. The molecule has 0 aromatic rings. The van der Waals surface area contributed by atoms with Crippen molar-refractivity contribution in [2.24, 2.45) is 5.73 Å². The average molecular weight is 132 g/mol. The number of likely N-dealkylation sites (N-methyl/N-ethyl adjacent to an activating group) is 3. The highest BCUT2D eigenvalue weighted by Gasteiger charge is 2.16. The molecule has 0 saturated heterocycles. The lowest BCUT2D eigenvalue weighted by atomic mass is 10.3. The molecule has 0 heterocycles. The molecular formula is C5H16N4. The van der Waals surface area contributed by atoms with Crippen molar-refractivity contribution in [3.63, 3.8) is 0 Å². The number of nitrogens with one attached hydrogen (secondary N) is 3. The maximum Gasteiger partial charge on any atom is 0.133 e. The molecular weight excluding hydrogens is 116 g/mol. The van der Waals surface area contributed by atoms with E-state index >= 15 is 0 Å². The monoisotopic (exact) mass is 132 g/mol. The summed E-state index contributed by atoms with van der Waals surface area (Å²) in [5, 5.41) is 8.83. The van der Waals surface area contributed by atoms with E-state index in [4.69, 9.17) is 5.73 Å². The van der Waals surface area contributed by atoms with Gasteiger partial charge in [0.1, 0.15) is 5.79 Å². The van der Waals surface area contributed by atoms with E-state index < -0.39 is 5.79 Å². The Morgan fingerprint density at radius 2 is 1.67 bits per heavy atom. The number of rotatable bonds is 4. The van der Waals surface area contributed by atoms with E-state index in [9.17, 15) is 0 Å². The Labute approximate surface area is 56.2 Å². The molecule has 0 aliphatic heterocycles. The third-order valence-electron chi connectivity index (χ3n) is 1.35. The summed E-state index contributed by atoms with van der Waals surface area (Å²) in [5.41, 5.74) is 5.72. The molecule has 4 heteroatoms. The lowest BCUT2D eigenvalue weighted by Crippen LogP contribution is -2.66. The smallest absolute Gasteiger partial charge is 0.133 e. The van der Waals surface area contributed by atoms with Gasteiger partial charge in [0.2, 0.25) is 0 Å². The molecule has 0 aromatic carbocycles. The topological polar surface area (TPSA) is 62.1 Å². The maximum absolute atomic E-state index is 5.72. The summed E-state index contributed by atoms with van der Waals surface area (Å²) >= 11 is 0. The van der Waals surface area contributed by atoms with Crippen molar-refractivity contribution in [1.29, 1.82) is 0 Å². The minimum Gasteiger partial charge on any atom is -0.315 e. The van der Waals surface area contributed by atoms with E-state index in [1.54, 1.807) is 0 Å². The second-order valence-corrected chi connectivity index (χ2v) is 2.00. The molecule has 0 aliphatic rings. The SMILES string of the molecule is CNCC(N)(NC)NC. The summed E-state index contributed by atoms with van der Waals surface area (Å²) in [7, 11) is 5.48. The fourth-order valence-electron chi connectivity index (χ4n) is 0.581. The zero-order chi connectivity index (χ0) is 7.33. The van der Waals surface area contributed by atoms with Crippen LogP contribution in [0.3, 0.4) is 0 Å². The Morgan fingerprint density at radius 1 is 1.22 bits per heavy atom. The second-order valence-electron chi connectivity index (χ2n) is 2.00. The van der Waals surface area contributed by atoms with Gasteiger partial charge in [-0.3, -0.25) is 16.4 Å². The van der Waals surface area contributed by atoms with Crippen LogP contribution in [0.4, 0.5) is 0 Å². The molecule has 0 atom stereocenters. The van der Waals surface area contributed by atoms with E-state index in [0.717, 1.165) is 0 Å². The molecule has 0 saturated carbocycles. The first kappa shape index (κ1) is 8.84. The molecule has 0 spiro atoms. The van der Waals surface area contributed by atoms with Crippen LogP contribution < -0.4 is 21.7 Å². The molecule has 0 radical (unpaired) electrons. The molecule has 0 rings (SSSR count). The molecule has 9 heavy (non-hydrogen) atoms. The van der Waals surface area contributed by atoms with Gasteiger partial charge in [-0.05, 0) is 21.1 Å². The molecule has 0 aromatic heterocycles. The lowest BCUT2D eigenvalue weighted by Gasteiger charge is -2.27. The molecule has 5 N–H and O–H groups in total. The Morgan fingerprint density at radius 3 is 1.78 bits per heavy atom.